The summed E-state index contributed by atoms with van der Waals surface area (Å²) in [7, 11) is 0. The second-order valence-electron chi connectivity index (χ2n) is 6.02. The van der Waals surface area contributed by atoms with Gasteiger partial charge in [0.2, 0.25) is 0 Å². The smallest absolute Gasteiger partial charge is 0.0489 e. The summed E-state index contributed by atoms with van der Waals surface area (Å²) >= 11 is 0. The first kappa shape index (κ1) is 13.3. The van der Waals surface area contributed by atoms with Gasteiger partial charge >= 0.3 is 0 Å². The Hall–Kier alpha value is -0.120. The van der Waals surface area contributed by atoms with Gasteiger partial charge in [-0.05, 0) is 50.7 Å². The summed E-state index contributed by atoms with van der Waals surface area (Å²) in [4.78, 5) is 2.61. The molecule has 1 N–H and O–H groups in total. The van der Waals surface area contributed by atoms with Crippen molar-refractivity contribution < 1.29 is 4.74 Å². The average Bonchev–Trinajstić information content (AvgIpc) is 2.68. The van der Waals surface area contributed by atoms with Gasteiger partial charge in [-0.1, -0.05) is 13.8 Å². The number of hydrogen-bond donors (Lipinski definition) is 1. The molecule has 3 unspecified atom stereocenters. The van der Waals surface area contributed by atoms with Crippen molar-refractivity contribution in [2.75, 3.05) is 39.4 Å². The predicted octanol–water partition coefficient (Wildman–Crippen LogP) is 1.73. The molecule has 0 spiro atoms. The highest BCUT2D eigenvalue weighted by Crippen LogP contribution is 2.26. The third kappa shape index (κ3) is 4.23. The zero-order valence-corrected chi connectivity index (χ0v) is 11.5. The van der Waals surface area contributed by atoms with Gasteiger partial charge in [0, 0.05) is 25.8 Å². The maximum atomic E-state index is 5.60. The lowest BCUT2D eigenvalue weighted by atomic mass is 9.94. The van der Waals surface area contributed by atoms with E-state index >= 15 is 0 Å². The highest BCUT2D eigenvalue weighted by atomic mass is 16.5. The van der Waals surface area contributed by atoms with Crippen LogP contribution in [0.5, 0.6) is 0 Å². The number of rotatable bonds is 7. The van der Waals surface area contributed by atoms with Crippen molar-refractivity contribution in [1.82, 2.24) is 10.2 Å². The topological polar surface area (TPSA) is 24.5 Å². The van der Waals surface area contributed by atoms with E-state index in [0.717, 1.165) is 38.1 Å². The van der Waals surface area contributed by atoms with E-state index in [9.17, 15) is 0 Å². The lowest BCUT2D eigenvalue weighted by Gasteiger charge is -2.31. The summed E-state index contributed by atoms with van der Waals surface area (Å²) in [6.45, 7) is 11.3. The van der Waals surface area contributed by atoms with Crippen molar-refractivity contribution in [3.05, 3.63) is 0 Å². The molecule has 0 aliphatic carbocycles. The number of fused-ring (bicyclic) bond motifs is 2. The van der Waals surface area contributed by atoms with Crippen LogP contribution in [0.4, 0.5) is 0 Å². The van der Waals surface area contributed by atoms with Crippen molar-refractivity contribution in [3.63, 3.8) is 0 Å². The molecular weight excluding hydrogens is 212 g/mol. The van der Waals surface area contributed by atoms with Crippen molar-refractivity contribution in [3.8, 4) is 0 Å². The average molecular weight is 240 g/mol. The maximum absolute atomic E-state index is 5.60. The molecule has 2 aliphatic heterocycles. The van der Waals surface area contributed by atoms with Crippen LogP contribution in [0.1, 0.15) is 33.1 Å². The van der Waals surface area contributed by atoms with Crippen LogP contribution in [0.25, 0.3) is 0 Å². The van der Waals surface area contributed by atoms with E-state index in [0.29, 0.717) is 5.92 Å². The normalized spacial score (nSPS) is 32.3. The molecule has 3 heteroatoms. The lowest BCUT2D eigenvalue weighted by Crippen LogP contribution is -2.44. The van der Waals surface area contributed by atoms with Gasteiger partial charge in [-0.25, -0.2) is 0 Å². The first-order valence-electron chi connectivity index (χ1n) is 7.29. The van der Waals surface area contributed by atoms with Gasteiger partial charge in [0.05, 0.1) is 0 Å². The van der Waals surface area contributed by atoms with E-state index in [4.69, 9.17) is 4.74 Å². The minimum atomic E-state index is 0.658. The second kappa shape index (κ2) is 6.72. The van der Waals surface area contributed by atoms with E-state index in [1.165, 1.54) is 32.5 Å². The molecule has 100 valence electrons. The van der Waals surface area contributed by atoms with E-state index in [2.05, 4.69) is 24.1 Å². The standard InChI is InChI=1S/C14H28N2O/c1-12(2)11-17-9-3-6-15-14-5-8-16-7-4-13(14)10-16/h12-15H,3-11H2,1-2H3. The van der Waals surface area contributed by atoms with Gasteiger partial charge < -0.3 is 15.0 Å². The molecule has 17 heavy (non-hydrogen) atoms. The molecule has 2 saturated heterocycles. The molecule has 0 aromatic carbocycles. The van der Waals surface area contributed by atoms with E-state index in [1.54, 1.807) is 0 Å². The van der Waals surface area contributed by atoms with E-state index < -0.39 is 0 Å². The molecule has 0 aromatic rings. The van der Waals surface area contributed by atoms with Gasteiger partial charge in [0.25, 0.3) is 0 Å². The molecule has 2 rings (SSSR count). The second-order valence-corrected chi connectivity index (χ2v) is 6.02. The molecule has 2 bridgehead atoms. The van der Waals surface area contributed by atoms with Gasteiger partial charge in [0.15, 0.2) is 0 Å². The third-order valence-corrected chi connectivity index (χ3v) is 3.96. The highest BCUT2D eigenvalue weighted by molar-refractivity contribution is 4.90. The number of nitrogens with zero attached hydrogens (tertiary/aromatic N) is 1. The SMILES string of the molecule is CC(C)COCCCNC1CCN2CCC1C2. The Labute approximate surface area is 106 Å². The molecular formula is C14H28N2O. The molecule has 0 aromatic heterocycles. The van der Waals surface area contributed by atoms with Crippen LogP contribution >= 0.6 is 0 Å². The molecule has 0 saturated carbocycles. The van der Waals surface area contributed by atoms with E-state index in [-0.39, 0.29) is 0 Å². The summed E-state index contributed by atoms with van der Waals surface area (Å²) in [6.07, 6.45) is 3.90. The van der Waals surface area contributed by atoms with Gasteiger partial charge in [-0.15, -0.1) is 0 Å². The number of nitrogens with one attached hydrogen (secondary N) is 1. The Morgan fingerprint density at radius 3 is 2.94 bits per heavy atom. The first-order chi connectivity index (χ1) is 8.25. The van der Waals surface area contributed by atoms with Crippen LogP contribution < -0.4 is 5.32 Å². The zero-order chi connectivity index (χ0) is 12.1. The summed E-state index contributed by atoms with van der Waals surface area (Å²) in [5, 5.41) is 3.73. The molecule has 3 atom stereocenters. The molecule has 2 fully saturated rings. The summed E-state index contributed by atoms with van der Waals surface area (Å²) < 4.78 is 5.60. The third-order valence-electron chi connectivity index (χ3n) is 3.96. The fraction of sp³-hybridized carbons (Fsp3) is 1.00. The predicted molar refractivity (Wildman–Crippen MR) is 71.2 cm³/mol. The lowest BCUT2D eigenvalue weighted by molar-refractivity contribution is 0.106. The van der Waals surface area contributed by atoms with Crippen molar-refractivity contribution in [2.45, 2.75) is 39.2 Å². The Bertz CT molecular complexity index is 220. The van der Waals surface area contributed by atoms with Crippen LogP contribution in [0, 0.1) is 11.8 Å². The summed E-state index contributed by atoms with van der Waals surface area (Å²) in [5.74, 6) is 1.58. The monoisotopic (exact) mass is 240 g/mol. The fourth-order valence-electron chi connectivity index (χ4n) is 3.00. The van der Waals surface area contributed by atoms with Crippen LogP contribution in [0.3, 0.4) is 0 Å². The van der Waals surface area contributed by atoms with Crippen LogP contribution in [0.15, 0.2) is 0 Å². The van der Waals surface area contributed by atoms with Crippen LogP contribution in [-0.2, 0) is 4.74 Å². The van der Waals surface area contributed by atoms with E-state index in [1.807, 2.05) is 0 Å². The molecule has 3 nitrogen and oxygen atoms in total. The molecule has 0 radical (unpaired) electrons. The zero-order valence-electron chi connectivity index (χ0n) is 11.5. The quantitative estimate of drug-likeness (QED) is 0.686. The van der Waals surface area contributed by atoms with Gasteiger partial charge in [-0.2, -0.15) is 0 Å². The summed E-state index contributed by atoms with van der Waals surface area (Å²) in [6, 6.07) is 0.777. The Kier molecular flexibility index (Phi) is 5.26. The van der Waals surface area contributed by atoms with Crippen molar-refractivity contribution in [2.24, 2.45) is 11.8 Å². The molecule has 0 amide bonds. The largest absolute Gasteiger partial charge is 0.381 e. The number of ether oxygens (including phenoxy) is 1. The minimum absolute atomic E-state index is 0.658. The summed E-state index contributed by atoms with van der Waals surface area (Å²) in [5.41, 5.74) is 0. The maximum Gasteiger partial charge on any atom is 0.0489 e. The molecule has 2 heterocycles. The van der Waals surface area contributed by atoms with Crippen LogP contribution in [0.2, 0.25) is 0 Å². The van der Waals surface area contributed by atoms with Crippen molar-refractivity contribution >= 4 is 0 Å². The van der Waals surface area contributed by atoms with Gasteiger partial charge in [-0.3, -0.25) is 0 Å². The Morgan fingerprint density at radius 1 is 1.29 bits per heavy atom. The Balaban J connectivity index is 1.50. The van der Waals surface area contributed by atoms with Gasteiger partial charge in [0.1, 0.15) is 0 Å². The highest BCUT2D eigenvalue weighted by Gasteiger charge is 2.33. The molecule has 2 aliphatic rings. The van der Waals surface area contributed by atoms with Crippen LogP contribution in [-0.4, -0.2) is 50.3 Å². The number of hydrogen-bond acceptors (Lipinski definition) is 3. The Morgan fingerprint density at radius 2 is 2.12 bits per heavy atom. The first-order valence-corrected chi connectivity index (χ1v) is 7.29. The van der Waals surface area contributed by atoms with Crippen molar-refractivity contribution in [1.29, 1.82) is 0 Å². The fourth-order valence-corrected chi connectivity index (χ4v) is 3.00. The minimum Gasteiger partial charge on any atom is -0.381 e. The number of piperidine rings is 1.